The summed E-state index contributed by atoms with van der Waals surface area (Å²) in [6, 6.07) is 9.33. The minimum atomic E-state index is 0.473. The van der Waals surface area contributed by atoms with Gasteiger partial charge in [-0.25, -0.2) is 0 Å². The van der Waals surface area contributed by atoms with Gasteiger partial charge in [-0.05, 0) is 30.9 Å². The van der Waals surface area contributed by atoms with Crippen LogP contribution in [0.25, 0.3) is 0 Å². The summed E-state index contributed by atoms with van der Waals surface area (Å²) in [6.07, 6.45) is 2.15. The Hall–Kier alpha value is -1.51. The highest BCUT2D eigenvalue weighted by Crippen LogP contribution is 2.05. The van der Waals surface area contributed by atoms with Crippen LogP contribution in [0.15, 0.2) is 29.3 Å². The SMILES string of the molecule is CCc1ccc(CCNC2=NCC(C)N2)cc1. The van der Waals surface area contributed by atoms with Crippen LogP contribution in [0.1, 0.15) is 25.0 Å². The van der Waals surface area contributed by atoms with Crippen molar-refractivity contribution in [2.24, 2.45) is 4.99 Å². The lowest BCUT2D eigenvalue weighted by Crippen LogP contribution is -2.38. The van der Waals surface area contributed by atoms with Gasteiger partial charge in [0.1, 0.15) is 0 Å². The summed E-state index contributed by atoms with van der Waals surface area (Å²) in [5.41, 5.74) is 2.78. The zero-order valence-electron chi connectivity index (χ0n) is 10.7. The zero-order valence-corrected chi connectivity index (χ0v) is 10.7. The number of hydrogen-bond donors (Lipinski definition) is 2. The molecule has 3 heteroatoms. The van der Waals surface area contributed by atoms with Crippen LogP contribution in [0.5, 0.6) is 0 Å². The average molecular weight is 231 g/mol. The normalized spacial score (nSPS) is 18.7. The summed E-state index contributed by atoms with van der Waals surface area (Å²) in [7, 11) is 0. The fraction of sp³-hybridized carbons (Fsp3) is 0.500. The van der Waals surface area contributed by atoms with E-state index >= 15 is 0 Å². The average Bonchev–Trinajstić information content (AvgIpc) is 2.76. The maximum atomic E-state index is 4.37. The van der Waals surface area contributed by atoms with Gasteiger partial charge in [-0.15, -0.1) is 0 Å². The highest BCUT2D eigenvalue weighted by molar-refractivity contribution is 5.81. The molecule has 2 N–H and O–H groups in total. The summed E-state index contributed by atoms with van der Waals surface area (Å²) in [4.78, 5) is 4.37. The van der Waals surface area contributed by atoms with E-state index in [0.29, 0.717) is 6.04 Å². The smallest absolute Gasteiger partial charge is 0.191 e. The Morgan fingerprint density at radius 1 is 1.29 bits per heavy atom. The molecule has 0 aromatic heterocycles. The molecule has 0 amide bonds. The van der Waals surface area contributed by atoms with E-state index in [-0.39, 0.29) is 0 Å². The number of rotatable bonds is 4. The molecule has 1 aliphatic heterocycles. The van der Waals surface area contributed by atoms with E-state index in [1.54, 1.807) is 0 Å². The lowest BCUT2D eigenvalue weighted by atomic mass is 10.1. The quantitative estimate of drug-likeness (QED) is 0.828. The van der Waals surface area contributed by atoms with Gasteiger partial charge in [-0.3, -0.25) is 4.99 Å². The minimum Gasteiger partial charge on any atom is -0.356 e. The predicted octanol–water partition coefficient (Wildman–Crippen LogP) is 1.73. The summed E-state index contributed by atoms with van der Waals surface area (Å²) >= 11 is 0. The van der Waals surface area contributed by atoms with Crippen LogP contribution >= 0.6 is 0 Å². The number of hydrogen-bond acceptors (Lipinski definition) is 3. The van der Waals surface area contributed by atoms with Gasteiger partial charge in [-0.2, -0.15) is 0 Å². The van der Waals surface area contributed by atoms with Gasteiger partial charge in [0, 0.05) is 12.6 Å². The van der Waals surface area contributed by atoms with Crippen molar-refractivity contribution in [2.45, 2.75) is 32.7 Å². The monoisotopic (exact) mass is 231 g/mol. The number of guanidine groups is 1. The van der Waals surface area contributed by atoms with E-state index in [2.05, 4.69) is 53.7 Å². The van der Waals surface area contributed by atoms with Gasteiger partial charge in [0.15, 0.2) is 5.96 Å². The molecule has 1 aliphatic rings. The Morgan fingerprint density at radius 2 is 2.00 bits per heavy atom. The van der Waals surface area contributed by atoms with Crippen molar-refractivity contribution in [1.29, 1.82) is 0 Å². The van der Waals surface area contributed by atoms with E-state index in [1.165, 1.54) is 11.1 Å². The molecular formula is C14H21N3. The van der Waals surface area contributed by atoms with E-state index < -0.39 is 0 Å². The van der Waals surface area contributed by atoms with Crippen LogP contribution < -0.4 is 10.6 Å². The van der Waals surface area contributed by atoms with Gasteiger partial charge in [0.05, 0.1) is 6.54 Å². The van der Waals surface area contributed by atoms with Gasteiger partial charge in [-0.1, -0.05) is 31.2 Å². The summed E-state index contributed by atoms with van der Waals surface area (Å²) in [5.74, 6) is 0.947. The fourth-order valence-electron chi connectivity index (χ4n) is 1.93. The van der Waals surface area contributed by atoms with Crippen molar-refractivity contribution in [1.82, 2.24) is 10.6 Å². The molecule has 3 nitrogen and oxygen atoms in total. The summed E-state index contributed by atoms with van der Waals surface area (Å²) < 4.78 is 0. The molecule has 1 aromatic carbocycles. The van der Waals surface area contributed by atoms with Crippen LogP contribution in [0.3, 0.4) is 0 Å². The highest BCUT2D eigenvalue weighted by Gasteiger charge is 2.10. The molecule has 92 valence electrons. The molecule has 2 rings (SSSR count). The second kappa shape index (κ2) is 5.71. The fourth-order valence-corrected chi connectivity index (χ4v) is 1.93. The lowest BCUT2D eigenvalue weighted by molar-refractivity contribution is 0.712. The molecule has 0 saturated heterocycles. The molecule has 0 bridgehead atoms. The first-order chi connectivity index (χ1) is 8.28. The van der Waals surface area contributed by atoms with Gasteiger partial charge in [0.25, 0.3) is 0 Å². The van der Waals surface area contributed by atoms with E-state index in [0.717, 1.165) is 31.9 Å². The number of nitrogens with one attached hydrogen (secondary N) is 2. The Labute approximate surface area is 103 Å². The molecule has 0 radical (unpaired) electrons. The third-order valence-corrected chi connectivity index (χ3v) is 3.04. The topological polar surface area (TPSA) is 36.4 Å². The third-order valence-electron chi connectivity index (χ3n) is 3.04. The Bertz CT molecular complexity index is 381. The van der Waals surface area contributed by atoms with Gasteiger partial charge < -0.3 is 10.6 Å². The van der Waals surface area contributed by atoms with Gasteiger partial charge >= 0.3 is 0 Å². The Kier molecular flexibility index (Phi) is 4.02. The zero-order chi connectivity index (χ0) is 12.1. The van der Waals surface area contributed by atoms with E-state index in [4.69, 9.17) is 0 Å². The maximum absolute atomic E-state index is 4.37. The largest absolute Gasteiger partial charge is 0.356 e. The minimum absolute atomic E-state index is 0.473. The van der Waals surface area contributed by atoms with Crippen molar-refractivity contribution in [3.63, 3.8) is 0 Å². The third kappa shape index (κ3) is 3.48. The molecular weight excluding hydrogens is 210 g/mol. The molecule has 1 unspecified atom stereocenters. The number of benzene rings is 1. The molecule has 0 saturated carbocycles. The first-order valence-electron chi connectivity index (χ1n) is 6.40. The van der Waals surface area contributed by atoms with E-state index in [1.807, 2.05) is 0 Å². The molecule has 0 fully saturated rings. The summed E-state index contributed by atoms with van der Waals surface area (Å²) in [6.45, 7) is 6.14. The molecule has 1 aromatic rings. The van der Waals surface area contributed by atoms with Crippen LogP contribution in [0, 0.1) is 0 Å². The number of nitrogens with zero attached hydrogens (tertiary/aromatic N) is 1. The summed E-state index contributed by atoms with van der Waals surface area (Å²) in [5, 5.41) is 6.63. The molecule has 0 aliphatic carbocycles. The first kappa shape index (κ1) is 12.0. The Morgan fingerprint density at radius 3 is 2.59 bits per heavy atom. The molecule has 1 heterocycles. The highest BCUT2D eigenvalue weighted by atomic mass is 15.2. The van der Waals surface area contributed by atoms with Crippen molar-refractivity contribution < 1.29 is 0 Å². The standard InChI is InChI=1S/C14H21N3/c1-3-12-4-6-13(7-5-12)8-9-15-14-16-10-11(2)17-14/h4-7,11H,3,8-10H2,1-2H3,(H2,15,16,17). The molecule has 0 spiro atoms. The van der Waals surface area contributed by atoms with Crippen LogP contribution in [-0.2, 0) is 12.8 Å². The van der Waals surface area contributed by atoms with E-state index in [9.17, 15) is 0 Å². The molecule has 1 atom stereocenters. The van der Waals surface area contributed by atoms with Crippen molar-refractivity contribution >= 4 is 5.96 Å². The predicted molar refractivity (Wildman–Crippen MR) is 72.4 cm³/mol. The lowest BCUT2D eigenvalue weighted by Gasteiger charge is -2.08. The van der Waals surface area contributed by atoms with Crippen LogP contribution in [-0.4, -0.2) is 25.1 Å². The van der Waals surface area contributed by atoms with Crippen LogP contribution in [0.2, 0.25) is 0 Å². The number of aryl methyl sites for hydroxylation is 1. The van der Waals surface area contributed by atoms with Crippen LogP contribution in [0.4, 0.5) is 0 Å². The molecule has 17 heavy (non-hydrogen) atoms. The number of aliphatic imine (C=N–C) groups is 1. The first-order valence-corrected chi connectivity index (χ1v) is 6.40. The van der Waals surface area contributed by atoms with Crippen molar-refractivity contribution in [3.8, 4) is 0 Å². The van der Waals surface area contributed by atoms with Crippen molar-refractivity contribution in [2.75, 3.05) is 13.1 Å². The Balaban J connectivity index is 1.74. The van der Waals surface area contributed by atoms with Crippen molar-refractivity contribution in [3.05, 3.63) is 35.4 Å². The maximum Gasteiger partial charge on any atom is 0.191 e. The van der Waals surface area contributed by atoms with Gasteiger partial charge in [0.2, 0.25) is 0 Å². The second-order valence-corrected chi connectivity index (χ2v) is 4.58. The second-order valence-electron chi connectivity index (χ2n) is 4.58.